The first-order chi connectivity index (χ1) is 9.26. The van der Waals surface area contributed by atoms with Crippen LogP contribution < -0.4 is 11.5 Å². The van der Waals surface area contributed by atoms with Crippen LogP contribution in [-0.4, -0.2) is 37.0 Å². The number of carbonyl (C=O) groups is 1. The van der Waals surface area contributed by atoms with E-state index in [4.69, 9.17) is 11.5 Å². The molecular weight excluding hydrogens is 238 g/mol. The molecule has 0 spiro atoms. The van der Waals surface area contributed by atoms with E-state index >= 15 is 0 Å². The van der Waals surface area contributed by atoms with E-state index in [1.807, 2.05) is 23.1 Å². The van der Waals surface area contributed by atoms with Crippen molar-refractivity contribution in [2.24, 2.45) is 17.4 Å². The minimum atomic E-state index is 0.210. The van der Waals surface area contributed by atoms with Gasteiger partial charge in [0.2, 0.25) is 5.91 Å². The van der Waals surface area contributed by atoms with Gasteiger partial charge >= 0.3 is 0 Å². The molecule has 0 radical (unpaired) electrons. The van der Waals surface area contributed by atoms with Crippen molar-refractivity contribution in [1.29, 1.82) is 0 Å². The average molecular weight is 261 g/mol. The lowest BCUT2D eigenvalue weighted by molar-refractivity contribution is -0.130. The van der Waals surface area contributed by atoms with Crippen molar-refractivity contribution >= 4 is 5.91 Å². The fourth-order valence-corrected chi connectivity index (χ4v) is 2.80. The van der Waals surface area contributed by atoms with E-state index in [1.54, 1.807) is 0 Å². The van der Waals surface area contributed by atoms with Gasteiger partial charge in [-0.05, 0) is 31.0 Å². The van der Waals surface area contributed by atoms with Crippen LogP contribution in [0.3, 0.4) is 0 Å². The zero-order valence-corrected chi connectivity index (χ0v) is 11.3. The molecule has 19 heavy (non-hydrogen) atoms. The van der Waals surface area contributed by atoms with Crippen LogP contribution in [0.15, 0.2) is 30.3 Å². The average Bonchev–Trinajstić information content (AvgIpc) is 2.90. The smallest absolute Gasteiger partial charge is 0.222 e. The van der Waals surface area contributed by atoms with E-state index < -0.39 is 0 Å². The second-order valence-electron chi connectivity index (χ2n) is 5.20. The maximum atomic E-state index is 12.1. The van der Waals surface area contributed by atoms with Crippen LogP contribution >= 0.6 is 0 Å². The molecule has 1 aromatic rings. The second kappa shape index (κ2) is 6.68. The van der Waals surface area contributed by atoms with Crippen molar-refractivity contribution in [2.75, 3.05) is 26.2 Å². The molecule has 0 saturated carbocycles. The lowest BCUT2D eigenvalue weighted by Crippen LogP contribution is -2.30. The Balaban J connectivity index is 2.04. The number of rotatable bonds is 5. The molecule has 1 saturated heterocycles. The molecule has 4 heteroatoms. The highest BCUT2D eigenvalue weighted by Crippen LogP contribution is 2.32. The summed E-state index contributed by atoms with van der Waals surface area (Å²) in [6.07, 6.45) is 1.31. The molecule has 1 fully saturated rings. The van der Waals surface area contributed by atoms with Gasteiger partial charge in [-0.15, -0.1) is 0 Å². The highest BCUT2D eigenvalue weighted by atomic mass is 16.2. The van der Waals surface area contributed by atoms with Crippen molar-refractivity contribution in [2.45, 2.75) is 18.8 Å². The van der Waals surface area contributed by atoms with E-state index in [-0.39, 0.29) is 5.91 Å². The third-order valence-electron chi connectivity index (χ3n) is 3.92. The normalized spacial score (nSPS) is 22.7. The number of hydrogen-bond donors (Lipinski definition) is 2. The third kappa shape index (κ3) is 3.33. The Hall–Kier alpha value is -1.39. The Labute approximate surface area is 114 Å². The molecule has 0 aromatic heterocycles. The summed E-state index contributed by atoms with van der Waals surface area (Å²) in [6, 6.07) is 10.4. The van der Waals surface area contributed by atoms with Crippen molar-refractivity contribution in [3.05, 3.63) is 35.9 Å². The predicted molar refractivity (Wildman–Crippen MR) is 76.6 cm³/mol. The van der Waals surface area contributed by atoms with E-state index in [1.165, 1.54) is 5.56 Å². The quantitative estimate of drug-likeness (QED) is 0.828. The molecule has 1 heterocycles. The summed E-state index contributed by atoms with van der Waals surface area (Å²) in [4.78, 5) is 14.0. The lowest BCUT2D eigenvalue weighted by Gasteiger charge is -2.16. The Bertz CT molecular complexity index is 407. The van der Waals surface area contributed by atoms with Crippen LogP contribution in [-0.2, 0) is 4.79 Å². The predicted octanol–water partition coefficient (Wildman–Crippen LogP) is 0.926. The van der Waals surface area contributed by atoms with E-state index in [0.29, 0.717) is 31.3 Å². The molecule has 4 N–H and O–H groups in total. The standard InChI is InChI=1S/C15H23N3O/c16-8-4-7-15(19)18-10-13(9-17)14(11-18)12-5-2-1-3-6-12/h1-3,5-6,13-14H,4,7-11,16-17H2/t13-,14+/m1/s1. The van der Waals surface area contributed by atoms with Crippen LogP contribution in [0.2, 0.25) is 0 Å². The number of carbonyl (C=O) groups excluding carboxylic acids is 1. The minimum Gasteiger partial charge on any atom is -0.342 e. The lowest BCUT2D eigenvalue weighted by atomic mass is 9.89. The zero-order valence-electron chi connectivity index (χ0n) is 11.3. The Morgan fingerprint density at radius 2 is 1.95 bits per heavy atom. The Kier molecular flexibility index (Phi) is 4.93. The molecule has 0 unspecified atom stereocenters. The van der Waals surface area contributed by atoms with Crippen LogP contribution in [0.4, 0.5) is 0 Å². The fourth-order valence-electron chi connectivity index (χ4n) is 2.80. The summed E-state index contributed by atoms with van der Waals surface area (Å²) in [5.41, 5.74) is 12.6. The van der Waals surface area contributed by atoms with E-state index in [2.05, 4.69) is 12.1 Å². The van der Waals surface area contributed by atoms with E-state index in [9.17, 15) is 4.79 Å². The first-order valence-electron chi connectivity index (χ1n) is 6.99. The monoisotopic (exact) mass is 261 g/mol. The van der Waals surface area contributed by atoms with Gasteiger partial charge in [0.15, 0.2) is 0 Å². The summed E-state index contributed by atoms with van der Waals surface area (Å²) in [5.74, 6) is 0.944. The largest absolute Gasteiger partial charge is 0.342 e. The summed E-state index contributed by atoms with van der Waals surface area (Å²) in [5, 5.41) is 0. The maximum Gasteiger partial charge on any atom is 0.222 e. The Morgan fingerprint density at radius 3 is 2.58 bits per heavy atom. The molecule has 0 bridgehead atoms. The van der Waals surface area contributed by atoms with Gasteiger partial charge in [0.1, 0.15) is 0 Å². The van der Waals surface area contributed by atoms with Gasteiger partial charge in [-0.25, -0.2) is 0 Å². The summed E-state index contributed by atoms with van der Waals surface area (Å²) in [7, 11) is 0. The molecule has 1 amide bonds. The topological polar surface area (TPSA) is 72.4 Å². The van der Waals surface area contributed by atoms with E-state index in [0.717, 1.165) is 19.5 Å². The van der Waals surface area contributed by atoms with Crippen LogP contribution in [0, 0.1) is 5.92 Å². The molecular formula is C15H23N3O. The number of likely N-dealkylation sites (tertiary alicyclic amines) is 1. The number of nitrogens with zero attached hydrogens (tertiary/aromatic N) is 1. The molecule has 2 rings (SSSR count). The molecule has 2 atom stereocenters. The molecule has 0 aliphatic carbocycles. The summed E-state index contributed by atoms with van der Waals surface area (Å²) >= 11 is 0. The fraction of sp³-hybridized carbons (Fsp3) is 0.533. The molecule has 4 nitrogen and oxygen atoms in total. The highest BCUT2D eigenvalue weighted by molar-refractivity contribution is 5.76. The van der Waals surface area contributed by atoms with Crippen molar-refractivity contribution in [1.82, 2.24) is 4.90 Å². The van der Waals surface area contributed by atoms with Crippen molar-refractivity contribution in [3.8, 4) is 0 Å². The van der Waals surface area contributed by atoms with Crippen molar-refractivity contribution in [3.63, 3.8) is 0 Å². The van der Waals surface area contributed by atoms with Gasteiger partial charge < -0.3 is 16.4 Å². The first kappa shape index (κ1) is 14.0. The minimum absolute atomic E-state index is 0.210. The molecule has 1 aromatic carbocycles. The second-order valence-corrected chi connectivity index (χ2v) is 5.20. The van der Waals surface area contributed by atoms with Gasteiger partial charge in [-0.3, -0.25) is 4.79 Å². The van der Waals surface area contributed by atoms with Gasteiger partial charge in [0.05, 0.1) is 0 Å². The maximum absolute atomic E-state index is 12.1. The highest BCUT2D eigenvalue weighted by Gasteiger charge is 2.34. The van der Waals surface area contributed by atoms with Gasteiger partial charge in [0.25, 0.3) is 0 Å². The number of hydrogen-bond acceptors (Lipinski definition) is 3. The third-order valence-corrected chi connectivity index (χ3v) is 3.92. The van der Waals surface area contributed by atoms with Gasteiger partial charge in [-0.1, -0.05) is 30.3 Å². The number of amides is 1. The zero-order chi connectivity index (χ0) is 13.7. The van der Waals surface area contributed by atoms with Gasteiger partial charge in [-0.2, -0.15) is 0 Å². The molecule has 1 aliphatic rings. The molecule has 104 valence electrons. The SMILES string of the molecule is NCCCC(=O)N1C[C@@H](CN)[C@H](c2ccccc2)C1. The number of nitrogens with two attached hydrogens (primary N) is 2. The number of benzene rings is 1. The molecule has 1 aliphatic heterocycles. The Morgan fingerprint density at radius 1 is 1.21 bits per heavy atom. The van der Waals surface area contributed by atoms with Crippen molar-refractivity contribution < 1.29 is 4.79 Å². The first-order valence-corrected chi connectivity index (χ1v) is 6.99. The van der Waals surface area contributed by atoms with Crippen LogP contribution in [0.1, 0.15) is 24.3 Å². The van der Waals surface area contributed by atoms with Gasteiger partial charge in [0, 0.05) is 25.4 Å². The summed E-state index contributed by atoms with van der Waals surface area (Å²) < 4.78 is 0. The van der Waals surface area contributed by atoms with Crippen LogP contribution in [0.25, 0.3) is 0 Å². The van der Waals surface area contributed by atoms with Crippen LogP contribution in [0.5, 0.6) is 0 Å². The summed E-state index contributed by atoms with van der Waals surface area (Å²) in [6.45, 7) is 2.76.